The van der Waals surface area contributed by atoms with Crippen molar-refractivity contribution >= 4 is 16.9 Å². The number of hydrogen-bond donors (Lipinski definition) is 1. The fourth-order valence-corrected chi connectivity index (χ4v) is 4.28. The second-order valence-corrected chi connectivity index (χ2v) is 8.39. The molecule has 0 bridgehead atoms. The number of hydrogen-bond acceptors (Lipinski definition) is 8. The molecule has 10 heteroatoms. The smallest absolute Gasteiger partial charge is 0.327 e. The third kappa shape index (κ3) is 5.77. The Labute approximate surface area is 208 Å². The molecular weight excluding hydrogens is 460 g/mol. The molecule has 0 fully saturated rings. The number of carbonyl (C=O) groups excluding carboxylic acids is 1. The number of pyridine rings is 1. The molecule has 4 rings (SSSR count). The molecule has 1 atom stereocenters. The van der Waals surface area contributed by atoms with Crippen LogP contribution in [0.2, 0.25) is 0 Å². The van der Waals surface area contributed by atoms with Gasteiger partial charge in [-0.15, -0.1) is 5.10 Å². The minimum absolute atomic E-state index is 0.0811. The summed E-state index contributed by atoms with van der Waals surface area (Å²) < 4.78 is 11.9. The molecule has 0 saturated carbocycles. The summed E-state index contributed by atoms with van der Waals surface area (Å²) in [6, 6.07) is 17.2. The predicted octanol–water partition coefficient (Wildman–Crippen LogP) is 3.24. The molecular formula is C26H30N6O4. The van der Waals surface area contributed by atoms with Crippen molar-refractivity contribution in [3.8, 4) is 5.75 Å². The Morgan fingerprint density at radius 3 is 2.64 bits per heavy atom. The first-order valence-corrected chi connectivity index (χ1v) is 11.9. The highest BCUT2D eigenvalue weighted by atomic mass is 16.5. The molecule has 2 heterocycles. The van der Waals surface area contributed by atoms with Crippen molar-refractivity contribution in [2.45, 2.75) is 45.9 Å². The Hall–Kier alpha value is -4.05. The van der Waals surface area contributed by atoms with Crippen molar-refractivity contribution < 1.29 is 14.3 Å². The Morgan fingerprint density at radius 2 is 1.92 bits per heavy atom. The number of ether oxygens (including phenoxy) is 2. The normalized spacial score (nSPS) is 12.1. The summed E-state index contributed by atoms with van der Waals surface area (Å²) in [6.07, 6.45) is 0.662. The molecule has 36 heavy (non-hydrogen) atoms. The Balaban J connectivity index is 1.71. The molecule has 0 unspecified atom stereocenters. The zero-order valence-corrected chi connectivity index (χ0v) is 20.7. The van der Waals surface area contributed by atoms with Crippen LogP contribution in [0.1, 0.15) is 43.3 Å². The van der Waals surface area contributed by atoms with Crippen LogP contribution < -0.4 is 10.3 Å². The van der Waals surface area contributed by atoms with Crippen LogP contribution >= 0.6 is 0 Å². The van der Waals surface area contributed by atoms with Gasteiger partial charge in [-0.3, -0.25) is 14.5 Å². The van der Waals surface area contributed by atoms with Crippen molar-refractivity contribution in [2.24, 2.45) is 0 Å². The third-order valence-corrected chi connectivity index (χ3v) is 6.00. The van der Waals surface area contributed by atoms with E-state index in [1.54, 1.807) is 14.0 Å². The Bertz CT molecular complexity index is 1370. The lowest BCUT2D eigenvalue weighted by molar-refractivity contribution is -0.144. The van der Waals surface area contributed by atoms with Crippen LogP contribution in [-0.2, 0) is 29.2 Å². The van der Waals surface area contributed by atoms with Gasteiger partial charge in [0.25, 0.3) is 5.56 Å². The van der Waals surface area contributed by atoms with E-state index in [0.717, 1.165) is 16.5 Å². The second kappa shape index (κ2) is 11.6. The lowest BCUT2D eigenvalue weighted by Gasteiger charge is -2.30. The maximum atomic E-state index is 13.0. The zero-order chi connectivity index (χ0) is 25.5. The number of nitrogens with one attached hydrogen (secondary N) is 1. The van der Waals surface area contributed by atoms with Crippen LogP contribution in [0.15, 0.2) is 59.4 Å². The van der Waals surface area contributed by atoms with Crippen LogP contribution in [-0.4, -0.2) is 49.8 Å². The lowest BCUT2D eigenvalue weighted by Crippen LogP contribution is -2.33. The van der Waals surface area contributed by atoms with Crippen LogP contribution in [0.3, 0.4) is 0 Å². The molecule has 10 nitrogen and oxygen atoms in total. The number of rotatable bonds is 11. The molecule has 2 aromatic carbocycles. The average Bonchev–Trinajstić information content (AvgIpc) is 3.32. The number of benzene rings is 2. The minimum atomic E-state index is -0.407. The molecule has 0 aliphatic carbocycles. The minimum Gasteiger partial charge on any atom is -0.497 e. The number of fused-ring (bicyclic) bond motifs is 1. The second-order valence-electron chi connectivity index (χ2n) is 8.39. The van der Waals surface area contributed by atoms with Crippen molar-refractivity contribution in [3.05, 3.63) is 81.9 Å². The number of methoxy groups -OCH3 is 1. The van der Waals surface area contributed by atoms with Gasteiger partial charge in [0.2, 0.25) is 0 Å². The van der Waals surface area contributed by atoms with Gasteiger partial charge in [-0.2, -0.15) is 0 Å². The van der Waals surface area contributed by atoms with E-state index in [9.17, 15) is 9.59 Å². The third-order valence-electron chi connectivity index (χ3n) is 6.00. The molecule has 0 spiro atoms. The summed E-state index contributed by atoms with van der Waals surface area (Å²) in [5.41, 5.74) is 2.27. The quantitative estimate of drug-likeness (QED) is 0.319. The van der Waals surface area contributed by atoms with Crippen molar-refractivity contribution in [2.75, 3.05) is 13.7 Å². The Kier molecular flexibility index (Phi) is 8.06. The van der Waals surface area contributed by atoms with Crippen molar-refractivity contribution in [3.63, 3.8) is 0 Å². The molecule has 0 radical (unpaired) electrons. The zero-order valence-electron chi connectivity index (χ0n) is 20.7. The van der Waals surface area contributed by atoms with Crippen LogP contribution in [0.5, 0.6) is 5.75 Å². The van der Waals surface area contributed by atoms with E-state index in [1.165, 1.54) is 4.68 Å². The van der Waals surface area contributed by atoms with E-state index in [1.807, 2.05) is 61.5 Å². The Morgan fingerprint density at radius 1 is 1.11 bits per heavy atom. The van der Waals surface area contributed by atoms with E-state index >= 15 is 0 Å². The van der Waals surface area contributed by atoms with Gasteiger partial charge < -0.3 is 14.5 Å². The number of carbonyl (C=O) groups is 1. The first-order chi connectivity index (χ1) is 17.5. The van der Waals surface area contributed by atoms with Crippen LogP contribution in [0.4, 0.5) is 0 Å². The maximum absolute atomic E-state index is 13.0. The molecule has 0 aliphatic rings. The number of esters is 1. The first kappa shape index (κ1) is 25.1. The fraction of sp³-hybridized carbons (Fsp3) is 0.346. The van der Waals surface area contributed by atoms with Crippen molar-refractivity contribution in [1.82, 2.24) is 30.1 Å². The topological polar surface area (TPSA) is 115 Å². The highest BCUT2D eigenvalue weighted by Crippen LogP contribution is 2.27. The average molecular weight is 491 g/mol. The molecule has 1 N–H and O–H groups in total. The molecule has 0 saturated heterocycles. The van der Waals surface area contributed by atoms with Gasteiger partial charge in [0.1, 0.15) is 12.3 Å². The van der Waals surface area contributed by atoms with Crippen LogP contribution in [0, 0.1) is 0 Å². The molecule has 2 aromatic heterocycles. The molecule has 0 aliphatic heterocycles. The SMILES string of the molecule is CCOC(=O)Cn1nnnc1[C@@H](CC)N(Cc1ccccc1)Cc1cc2cc(OC)ccc2[nH]c1=O. The van der Waals surface area contributed by atoms with Gasteiger partial charge in [0, 0.05) is 29.6 Å². The highest BCUT2D eigenvalue weighted by Gasteiger charge is 2.27. The summed E-state index contributed by atoms with van der Waals surface area (Å²) in [5.74, 6) is 0.849. The summed E-state index contributed by atoms with van der Waals surface area (Å²) in [6.45, 7) is 4.89. The molecule has 0 amide bonds. The number of nitrogens with zero attached hydrogens (tertiary/aromatic N) is 5. The van der Waals surface area contributed by atoms with Crippen molar-refractivity contribution in [1.29, 1.82) is 0 Å². The van der Waals surface area contributed by atoms with E-state index in [2.05, 4.69) is 25.4 Å². The molecule has 4 aromatic rings. The summed E-state index contributed by atoms with van der Waals surface area (Å²) in [7, 11) is 1.61. The number of aromatic nitrogens is 5. The van der Waals surface area contributed by atoms with E-state index in [-0.39, 0.29) is 24.8 Å². The number of tetrazole rings is 1. The first-order valence-electron chi connectivity index (χ1n) is 11.9. The van der Waals surface area contributed by atoms with Gasteiger partial charge in [-0.1, -0.05) is 37.3 Å². The number of aromatic amines is 1. The number of H-pyrrole nitrogens is 1. The van der Waals surface area contributed by atoms with Gasteiger partial charge in [-0.25, -0.2) is 4.68 Å². The van der Waals surface area contributed by atoms with E-state index < -0.39 is 5.97 Å². The maximum Gasteiger partial charge on any atom is 0.327 e. The largest absolute Gasteiger partial charge is 0.497 e. The van der Waals surface area contributed by atoms with Gasteiger partial charge in [-0.05, 0) is 53.6 Å². The monoisotopic (exact) mass is 490 g/mol. The standard InChI is InChI=1S/C26H30N6O4/c1-4-23(25-28-29-30-32(25)17-24(33)36-5-2)31(15-18-9-7-6-8-10-18)16-20-13-19-14-21(35-3)11-12-22(19)27-26(20)34/h6-14,23H,4-5,15-17H2,1-3H3,(H,27,34)/t23-/m1/s1. The predicted molar refractivity (Wildman–Crippen MR) is 134 cm³/mol. The van der Waals surface area contributed by atoms with Gasteiger partial charge in [0.05, 0.1) is 19.8 Å². The van der Waals surface area contributed by atoms with Gasteiger partial charge in [0.15, 0.2) is 5.82 Å². The van der Waals surface area contributed by atoms with E-state index in [0.29, 0.717) is 36.6 Å². The lowest BCUT2D eigenvalue weighted by atomic mass is 10.1. The fourth-order valence-electron chi connectivity index (χ4n) is 4.28. The summed E-state index contributed by atoms with van der Waals surface area (Å²) >= 11 is 0. The van der Waals surface area contributed by atoms with Gasteiger partial charge >= 0.3 is 5.97 Å². The van der Waals surface area contributed by atoms with E-state index in [4.69, 9.17) is 9.47 Å². The highest BCUT2D eigenvalue weighted by molar-refractivity contribution is 5.80. The van der Waals surface area contributed by atoms with Crippen LogP contribution in [0.25, 0.3) is 10.9 Å². The summed E-state index contributed by atoms with van der Waals surface area (Å²) in [5, 5.41) is 13.0. The molecule has 188 valence electrons. The summed E-state index contributed by atoms with van der Waals surface area (Å²) in [4.78, 5) is 30.3.